The molecule has 0 unspecified atom stereocenters. The molecule has 0 amide bonds. The van der Waals surface area contributed by atoms with Crippen LogP contribution in [0.1, 0.15) is 5.56 Å². The van der Waals surface area contributed by atoms with Gasteiger partial charge in [-0.2, -0.15) is 0 Å². The van der Waals surface area contributed by atoms with Gasteiger partial charge in [-0.05, 0) is 46.6 Å². The van der Waals surface area contributed by atoms with Crippen molar-refractivity contribution in [1.82, 2.24) is 4.98 Å². The van der Waals surface area contributed by atoms with E-state index in [-0.39, 0.29) is 0 Å². The lowest BCUT2D eigenvalue weighted by Crippen LogP contribution is -1.82. The van der Waals surface area contributed by atoms with E-state index in [0.717, 1.165) is 15.6 Å². The van der Waals surface area contributed by atoms with E-state index in [1.54, 1.807) is 6.20 Å². The molecule has 0 aliphatic rings. The third-order valence-corrected chi connectivity index (χ3v) is 2.76. The summed E-state index contributed by atoms with van der Waals surface area (Å²) in [6.07, 6.45) is 1.65. The monoisotopic (exact) mass is 315 g/mol. The Morgan fingerprint density at radius 3 is 2.64 bits per heavy atom. The van der Waals surface area contributed by atoms with Gasteiger partial charge in [0.2, 0.25) is 5.89 Å². The predicted octanol–water partition coefficient (Wildman–Crippen LogP) is 4.18. The first kappa shape index (κ1) is 9.93. The standard InChI is InChI=1S/C10H7Br2NO/c1-6-4-7(11)2-3-8(6)10-13-5-9(12)14-10/h2-5H,1H3. The number of nitrogens with zero attached hydrogens (tertiary/aromatic N) is 1. The Kier molecular flexibility index (Phi) is 2.74. The molecule has 0 atom stereocenters. The topological polar surface area (TPSA) is 26.0 Å². The molecule has 0 fully saturated rings. The normalized spacial score (nSPS) is 10.5. The van der Waals surface area contributed by atoms with Crippen LogP contribution in [0.5, 0.6) is 0 Å². The third kappa shape index (κ3) is 1.91. The molecule has 0 saturated heterocycles. The molecule has 1 heterocycles. The molecule has 0 radical (unpaired) electrons. The Morgan fingerprint density at radius 1 is 1.29 bits per heavy atom. The van der Waals surface area contributed by atoms with Crippen molar-refractivity contribution >= 4 is 31.9 Å². The first-order valence-electron chi connectivity index (χ1n) is 4.04. The number of aromatic nitrogens is 1. The van der Waals surface area contributed by atoms with Crippen LogP contribution in [0.25, 0.3) is 11.5 Å². The van der Waals surface area contributed by atoms with Gasteiger partial charge in [-0.3, -0.25) is 0 Å². The molecule has 2 rings (SSSR count). The van der Waals surface area contributed by atoms with Crippen LogP contribution in [0, 0.1) is 6.92 Å². The molecule has 0 N–H and O–H groups in total. The van der Waals surface area contributed by atoms with Gasteiger partial charge in [-0.1, -0.05) is 15.9 Å². The summed E-state index contributed by atoms with van der Waals surface area (Å²) in [5.74, 6) is 0.641. The fourth-order valence-corrected chi connectivity index (χ4v) is 1.98. The van der Waals surface area contributed by atoms with Gasteiger partial charge in [0, 0.05) is 10.0 Å². The molecule has 14 heavy (non-hydrogen) atoms. The van der Waals surface area contributed by atoms with Gasteiger partial charge >= 0.3 is 0 Å². The lowest BCUT2D eigenvalue weighted by atomic mass is 10.1. The average Bonchev–Trinajstić information content (AvgIpc) is 2.51. The van der Waals surface area contributed by atoms with E-state index in [0.29, 0.717) is 10.6 Å². The minimum Gasteiger partial charge on any atom is -0.429 e. The summed E-state index contributed by atoms with van der Waals surface area (Å²) in [5, 5.41) is 0. The number of hydrogen-bond acceptors (Lipinski definition) is 2. The van der Waals surface area contributed by atoms with Crippen molar-refractivity contribution in [1.29, 1.82) is 0 Å². The number of hydrogen-bond donors (Lipinski definition) is 0. The van der Waals surface area contributed by atoms with Gasteiger partial charge in [-0.15, -0.1) is 0 Å². The van der Waals surface area contributed by atoms with Gasteiger partial charge in [-0.25, -0.2) is 4.98 Å². The second-order valence-corrected chi connectivity index (χ2v) is 4.63. The summed E-state index contributed by atoms with van der Waals surface area (Å²) in [7, 11) is 0. The second kappa shape index (κ2) is 3.87. The van der Waals surface area contributed by atoms with Gasteiger partial charge < -0.3 is 4.42 Å². The Labute approximate surface area is 98.6 Å². The summed E-state index contributed by atoms with van der Waals surface area (Å²) < 4.78 is 7.09. The highest BCUT2D eigenvalue weighted by atomic mass is 79.9. The molecule has 1 aromatic carbocycles. The van der Waals surface area contributed by atoms with Crippen molar-refractivity contribution in [3.8, 4) is 11.5 Å². The van der Waals surface area contributed by atoms with E-state index >= 15 is 0 Å². The van der Waals surface area contributed by atoms with Crippen molar-refractivity contribution in [2.75, 3.05) is 0 Å². The maximum atomic E-state index is 5.38. The highest BCUT2D eigenvalue weighted by molar-refractivity contribution is 9.10. The Bertz CT molecular complexity index is 465. The van der Waals surface area contributed by atoms with Gasteiger partial charge in [0.1, 0.15) is 0 Å². The van der Waals surface area contributed by atoms with Crippen molar-refractivity contribution in [3.05, 3.63) is 39.1 Å². The smallest absolute Gasteiger partial charge is 0.227 e. The highest BCUT2D eigenvalue weighted by Gasteiger charge is 2.07. The molecular formula is C10H7Br2NO. The fraction of sp³-hybridized carbons (Fsp3) is 0.100. The van der Waals surface area contributed by atoms with E-state index < -0.39 is 0 Å². The number of rotatable bonds is 1. The zero-order chi connectivity index (χ0) is 10.1. The zero-order valence-corrected chi connectivity index (χ0v) is 10.6. The fourth-order valence-electron chi connectivity index (χ4n) is 1.25. The van der Waals surface area contributed by atoms with Crippen molar-refractivity contribution < 1.29 is 4.42 Å². The van der Waals surface area contributed by atoms with Crippen LogP contribution in [0.2, 0.25) is 0 Å². The number of halogens is 2. The highest BCUT2D eigenvalue weighted by Crippen LogP contribution is 2.27. The molecule has 4 heteroatoms. The van der Waals surface area contributed by atoms with Crippen molar-refractivity contribution in [2.24, 2.45) is 0 Å². The quantitative estimate of drug-likeness (QED) is 0.789. The van der Waals surface area contributed by atoms with Crippen LogP contribution >= 0.6 is 31.9 Å². The Hall–Kier alpha value is -0.610. The minimum atomic E-state index is 0.641. The van der Waals surface area contributed by atoms with E-state index in [1.807, 2.05) is 25.1 Å². The zero-order valence-electron chi connectivity index (χ0n) is 7.42. The summed E-state index contributed by atoms with van der Waals surface area (Å²) in [5.41, 5.74) is 2.15. The Morgan fingerprint density at radius 2 is 2.07 bits per heavy atom. The van der Waals surface area contributed by atoms with Gasteiger partial charge in [0.15, 0.2) is 4.67 Å². The third-order valence-electron chi connectivity index (χ3n) is 1.90. The molecule has 0 spiro atoms. The molecule has 2 nitrogen and oxygen atoms in total. The van der Waals surface area contributed by atoms with Crippen molar-refractivity contribution in [2.45, 2.75) is 6.92 Å². The minimum absolute atomic E-state index is 0.641. The number of aryl methyl sites for hydroxylation is 1. The summed E-state index contributed by atoms with van der Waals surface area (Å²) in [4.78, 5) is 4.15. The molecule has 2 aromatic rings. The van der Waals surface area contributed by atoms with Crippen LogP contribution in [0.4, 0.5) is 0 Å². The first-order valence-corrected chi connectivity index (χ1v) is 5.63. The SMILES string of the molecule is Cc1cc(Br)ccc1-c1ncc(Br)o1. The molecule has 0 bridgehead atoms. The number of oxazole rings is 1. The molecule has 0 aliphatic heterocycles. The lowest BCUT2D eigenvalue weighted by molar-refractivity contribution is 0.549. The average molecular weight is 317 g/mol. The van der Waals surface area contributed by atoms with E-state index in [4.69, 9.17) is 4.42 Å². The summed E-state index contributed by atoms with van der Waals surface area (Å²) in [6.45, 7) is 2.03. The Balaban J connectivity index is 2.52. The maximum Gasteiger partial charge on any atom is 0.227 e. The second-order valence-electron chi connectivity index (χ2n) is 2.93. The number of benzene rings is 1. The first-order chi connectivity index (χ1) is 6.66. The maximum absolute atomic E-state index is 5.38. The van der Waals surface area contributed by atoms with Crippen LogP contribution in [-0.4, -0.2) is 4.98 Å². The summed E-state index contributed by atoms with van der Waals surface area (Å²) in [6, 6.07) is 5.99. The van der Waals surface area contributed by atoms with Crippen LogP contribution in [-0.2, 0) is 0 Å². The largest absolute Gasteiger partial charge is 0.429 e. The van der Waals surface area contributed by atoms with Gasteiger partial charge in [0.25, 0.3) is 0 Å². The molecular weight excluding hydrogens is 310 g/mol. The van der Waals surface area contributed by atoms with E-state index in [1.165, 1.54) is 0 Å². The molecule has 72 valence electrons. The molecule has 0 saturated carbocycles. The van der Waals surface area contributed by atoms with Crippen molar-refractivity contribution in [3.63, 3.8) is 0 Å². The predicted molar refractivity (Wildman–Crippen MR) is 62.1 cm³/mol. The lowest BCUT2D eigenvalue weighted by Gasteiger charge is -2.01. The molecule has 0 aliphatic carbocycles. The van der Waals surface area contributed by atoms with Gasteiger partial charge in [0.05, 0.1) is 6.20 Å². The summed E-state index contributed by atoms with van der Waals surface area (Å²) >= 11 is 6.64. The van der Waals surface area contributed by atoms with Crippen LogP contribution in [0.15, 0.2) is 38.0 Å². The van der Waals surface area contributed by atoms with E-state index in [2.05, 4.69) is 36.8 Å². The molecule has 1 aromatic heterocycles. The van der Waals surface area contributed by atoms with Crippen LogP contribution in [0.3, 0.4) is 0 Å². The van der Waals surface area contributed by atoms with Crippen LogP contribution < -0.4 is 0 Å². The van der Waals surface area contributed by atoms with E-state index in [9.17, 15) is 0 Å².